The van der Waals surface area contributed by atoms with Crippen LogP contribution in [0.4, 0.5) is 18.9 Å². The van der Waals surface area contributed by atoms with E-state index in [1.807, 2.05) is 0 Å². The Labute approximate surface area is 155 Å². The van der Waals surface area contributed by atoms with Crippen LogP contribution in [0, 0.1) is 0 Å². The normalized spacial score (nSPS) is 11.4. The lowest BCUT2D eigenvalue weighted by Crippen LogP contribution is -2.24. The predicted molar refractivity (Wildman–Crippen MR) is 94.6 cm³/mol. The molecule has 5 nitrogen and oxygen atoms in total. The fourth-order valence-electron chi connectivity index (χ4n) is 1.89. The number of rotatable bonds is 5. The second kappa shape index (κ2) is 8.61. The number of alkyl halides is 3. The van der Waals surface area contributed by atoms with Crippen LogP contribution in [-0.2, 0) is 15.8 Å². The third-order valence-electron chi connectivity index (χ3n) is 3.07. The highest BCUT2D eigenvalue weighted by molar-refractivity contribution is 9.10. The lowest BCUT2D eigenvalue weighted by molar-refractivity contribution is -0.137. The molecule has 26 heavy (non-hydrogen) atoms. The summed E-state index contributed by atoms with van der Waals surface area (Å²) < 4.78 is 38.8. The molecule has 0 heterocycles. The van der Waals surface area contributed by atoms with Gasteiger partial charge in [0.1, 0.15) is 6.42 Å². The molecule has 0 atom stereocenters. The topological polar surface area (TPSA) is 70.6 Å². The third-order valence-corrected chi connectivity index (χ3v) is 3.60. The highest BCUT2D eigenvalue weighted by Gasteiger charge is 2.30. The number of anilines is 1. The van der Waals surface area contributed by atoms with Gasteiger partial charge in [0, 0.05) is 10.2 Å². The Kier molecular flexibility index (Phi) is 6.51. The van der Waals surface area contributed by atoms with E-state index in [4.69, 9.17) is 0 Å². The number of benzene rings is 2. The zero-order valence-electron chi connectivity index (χ0n) is 13.2. The molecule has 2 aromatic rings. The molecule has 2 aromatic carbocycles. The first-order valence-electron chi connectivity index (χ1n) is 7.28. The first-order valence-corrected chi connectivity index (χ1v) is 8.08. The van der Waals surface area contributed by atoms with Gasteiger partial charge in [0.05, 0.1) is 11.8 Å². The average Bonchev–Trinajstić information content (AvgIpc) is 2.56. The van der Waals surface area contributed by atoms with Crippen LogP contribution >= 0.6 is 15.9 Å². The molecule has 0 aliphatic rings. The molecule has 0 bridgehead atoms. The predicted octanol–water partition coefficient (Wildman–Crippen LogP) is 3.95. The zero-order valence-corrected chi connectivity index (χ0v) is 14.8. The van der Waals surface area contributed by atoms with Crippen molar-refractivity contribution in [1.82, 2.24) is 5.43 Å². The number of hydrazone groups is 1. The van der Waals surface area contributed by atoms with Gasteiger partial charge >= 0.3 is 6.18 Å². The molecule has 2 N–H and O–H groups in total. The zero-order chi connectivity index (χ0) is 19.2. The SMILES string of the molecule is O=C(CC(=O)Nc1cccc(C(F)(F)F)c1)N/N=C\c1ccc(Br)cc1. The molecule has 2 amide bonds. The van der Waals surface area contributed by atoms with E-state index in [9.17, 15) is 22.8 Å². The minimum Gasteiger partial charge on any atom is -0.326 e. The van der Waals surface area contributed by atoms with E-state index in [1.54, 1.807) is 24.3 Å². The first-order chi connectivity index (χ1) is 12.2. The monoisotopic (exact) mass is 427 g/mol. The highest BCUT2D eigenvalue weighted by Crippen LogP contribution is 2.30. The average molecular weight is 428 g/mol. The quantitative estimate of drug-likeness (QED) is 0.430. The summed E-state index contributed by atoms with van der Waals surface area (Å²) in [5.74, 6) is -1.44. The second-order valence-electron chi connectivity index (χ2n) is 5.15. The highest BCUT2D eigenvalue weighted by atomic mass is 79.9. The molecular weight excluding hydrogens is 415 g/mol. The molecule has 0 saturated carbocycles. The molecule has 0 spiro atoms. The van der Waals surface area contributed by atoms with Crippen molar-refractivity contribution < 1.29 is 22.8 Å². The molecular formula is C17H13BrF3N3O2. The maximum Gasteiger partial charge on any atom is 0.416 e. The van der Waals surface area contributed by atoms with E-state index in [1.165, 1.54) is 18.3 Å². The summed E-state index contributed by atoms with van der Waals surface area (Å²) in [6, 6.07) is 11.3. The Bertz CT molecular complexity index is 821. The minimum atomic E-state index is -4.51. The van der Waals surface area contributed by atoms with E-state index in [0.29, 0.717) is 0 Å². The van der Waals surface area contributed by atoms with Crippen molar-refractivity contribution in [3.8, 4) is 0 Å². The number of carbonyl (C=O) groups is 2. The van der Waals surface area contributed by atoms with Gasteiger partial charge < -0.3 is 5.32 Å². The van der Waals surface area contributed by atoms with Crippen molar-refractivity contribution in [3.63, 3.8) is 0 Å². The summed E-state index contributed by atoms with van der Waals surface area (Å²) in [6.07, 6.45) is -3.69. The maximum atomic E-state index is 12.6. The summed E-state index contributed by atoms with van der Waals surface area (Å²) in [5, 5.41) is 5.95. The number of amides is 2. The summed E-state index contributed by atoms with van der Waals surface area (Å²) in [6.45, 7) is 0. The summed E-state index contributed by atoms with van der Waals surface area (Å²) >= 11 is 3.29. The van der Waals surface area contributed by atoms with E-state index in [-0.39, 0.29) is 5.69 Å². The number of nitrogens with zero attached hydrogens (tertiary/aromatic N) is 1. The van der Waals surface area contributed by atoms with E-state index in [0.717, 1.165) is 22.2 Å². The van der Waals surface area contributed by atoms with Crippen LogP contribution in [0.15, 0.2) is 58.1 Å². The smallest absolute Gasteiger partial charge is 0.326 e. The van der Waals surface area contributed by atoms with Crippen molar-refractivity contribution in [2.75, 3.05) is 5.32 Å². The number of hydrogen-bond acceptors (Lipinski definition) is 3. The number of hydrogen-bond donors (Lipinski definition) is 2. The van der Waals surface area contributed by atoms with Crippen LogP contribution in [0.2, 0.25) is 0 Å². The van der Waals surface area contributed by atoms with Crippen molar-refractivity contribution >= 4 is 39.6 Å². The van der Waals surface area contributed by atoms with E-state index >= 15 is 0 Å². The largest absolute Gasteiger partial charge is 0.416 e. The van der Waals surface area contributed by atoms with Gasteiger partial charge in [0.2, 0.25) is 11.8 Å². The Morgan fingerprint density at radius 1 is 1.08 bits per heavy atom. The van der Waals surface area contributed by atoms with Crippen LogP contribution in [-0.4, -0.2) is 18.0 Å². The van der Waals surface area contributed by atoms with Gasteiger partial charge in [-0.25, -0.2) is 5.43 Å². The first kappa shape index (κ1) is 19.6. The molecule has 136 valence electrons. The van der Waals surface area contributed by atoms with Gasteiger partial charge in [0.15, 0.2) is 0 Å². The molecule has 0 radical (unpaired) electrons. The molecule has 0 aromatic heterocycles. The molecule has 0 aliphatic heterocycles. The van der Waals surface area contributed by atoms with Crippen molar-refractivity contribution in [3.05, 3.63) is 64.1 Å². The molecule has 0 unspecified atom stereocenters. The van der Waals surface area contributed by atoms with Gasteiger partial charge in [0.25, 0.3) is 0 Å². The van der Waals surface area contributed by atoms with Crippen LogP contribution in [0.3, 0.4) is 0 Å². The summed E-state index contributed by atoms with van der Waals surface area (Å²) in [4.78, 5) is 23.4. The van der Waals surface area contributed by atoms with E-state index < -0.39 is 30.0 Å². The van der Waals surface area contributed by atoms with Gasteiger partial charge in [-0.05, 0) is 35.9 Å². The Hall–Kier alpha value is -2.68. The maximum absolute atomic E-state index is 12.6. The van der Waals surface area contributed by atoms with Gasteiger partial charge in [-0.3, -0.25) is 9.59 Å². The molecule has 0 saturated heterocycles. The third kappa shape index (κ3) is 6.32. The van der Waals surface area contributed by atoms with Crippen LogP contribution in [0.25, 0.3) is 0 Å². The number of halogens is 4. The lowest BCUT2D eigenvalue weighted by atomic mass is 10.2. The van der Waals surface area contributed by atoms with Crippen molar-refractivity contribution in [1.29, 1.82) is 0 Å². The fourth-order valence-corrected chi connectivity index (χ4v) is 2.16. The lowest BCUT2D eigenvalue weighted by Gasteiger charge is -2.09. The molecule has 0 fully saturated rings. The van der Waals surface area contributed by atoms with Crippen LogP contribution in [0.5, 0.6) is 0 Å². The minimum absolute atomic E-state index is 0.0454. The van der Waals surface area contributed by atoms with Gasteiger partial charge in [-0.2, -0.15) is 18.3 Å². The summed E-state index contributed by atoms with van der Waals surface area (Å²) in [7, 11) is 0. The van der Waals surface area contributed by atoms with Gasteiger partial charge in [-0.15, -0.1) is 0 Å². The Morgan fingerprint density at radius 2 is 1.77 bits per heavy atom. The Morgan fingerprint density at radius 3 is 2.42 bits per heavy atom. The van der Waals surface area contributed by atoms with Crippen LogP contribution in [0.1, 0.15) is 17.5 Å². The van der Waals surface area contributed by atoms with Gasteiger partial charge in [-0.1, -0.05) is 34.1 Å². The van der Waals surface area contributed by atoms with Crippen molar-refractivity contribution in [2.24, 2.45) is 5.10 Å². The summed E-state index contributed by atoms with van der Waals surface area (Å²) in [5.41, 5.74) is 1.98. The second-order valence-corrected chi connectivity index (χ2v) is 6.06. The standard InChI is InChI=1S/C17H13BrF3N3O2/c18-13-6-4-11(5-7-13)10-22-24-16(26)9-15(25)23-14-3-1-2-12(8-14)17(19,20)21/h1-8,10H,9H2,(H,23,25)(H,24,26)/b22-10-. The molecule has 9 heteroatoms. The van der Waals surface area contributed by atoms with Crippen LogP contribution < -0.4 is 10.7 Å². The number of carbonyl (C=O) groups excluding carboxylic acids is 2. The fraction of sp³-hybridized carbons (Fsp3) is 0.118. The molecule has 0 aliphatic carbocycles. The van der Waals surface area contributed by atoms with Crippen molar-refractivity contribution in [2.45, 2.75) is 12.6 Å². The molecule has 2 rings (SSSR count). The Balaban J connectivity index is 1.85. The van der Waals surface area contributed by atoms with E-state index in [2.05, 4.69) is 31.8 Å². The number of nitrogens with one attached hydrogen (secondary N) is 2.